The molecular weight excluding hydrogens is 645 g/mol. The van der Waals surface area contributed by atoms with Gasteiger partial charge in [-0.15, -0.1) is 0 Å². The van der Waals surface area contributed by atoms with Crippen LogP contribution in [0.1, 0.15) is 41.6 Å². The fourth-order valence-electron chi connectivity index (χ4n) is 5.55. The van der Waals surface area contributed by atoms with E-state index in [1.165, 1.54) is 0 Å². The number of imidazole rings is 1. The molecule has 238 valence electrons. The van der Waals surface area contributed by atoms with Crippen LogP contribution in [0.25, 0.3) is 11.1 Å². The third-order valence-electron chi connectivity index (χ3n) is 8.20. The molecule has 0 amide bonds. The molecule has 8 nitrogen and oxygen atoms in total. The van der Waals surface area contributed by atoms with Gasteiger partial charge in [0.15, 0.2) is 11.4 Å². The molecule has 1 aromatic heterocycles. The van der Waals surface area contributed by atoms with Gasteiger partial charge < -0.3 is 19.1 Å². The van der Waals surface area contributed by atoms with Gasteiger partial charge in [0.2, 0.25) is 10.0 Å². The number of hydrogen-bond donors (Lipinski definition) is 2. The highest BCUT2D eigenvalue weighted by Gasteiger charge is 2.39. The molecule has 1 saturated heterocycles. The fourth-order valence-corrected chi connectivity index (χ4v) is 6.90. The summed E-state index contributed by atoms with van der Waals surface area (Å²) in [4.78, 5) is 4.34. The first kappa shape index (κ1) is 32.4. The Hall–Kier alpha value is -3.54. The van der Waals surface area contributed by atoms with E-state index in [0.717, 1.165) is 33.4 Å². The number of ether oxygens (including phenoxy) is 2. The van der Waals surface area contributed by atoms with E-state index in [1.807, 2.05) is 72.8 Å². The number of nitrogens with zero attached hydrogens (tertiary/aromatic N) is 2. The van der Waals surface area contributed by atoms with E-state index in [9.17, 15) is 13.5 Å². The summed E-state index contributed by atoms with van der Waals surface area (Å²) >= 11 is 12.5. The number of aromatic nitrogens is 2. The minimum Gasteiger partial charge on any atom is -0.392 e. The van der Waals surface area contributed by atoms with Crippen LogP contribution in [0.15, 0.2) is 114 Å². The predicted octanol–water partition coefficient (Wildman–Crippen LogP) is 7.32. The third kappa shape index (κ3) is 7.21. The number of sulfonamides is 1. The summed E-state index contributed by atoms with van der Waals surface area (Å²) in [5, 5.41) is 10.1. The van der Waals surface area contributed by atoms with Gasteiger partial charge in [0.1, 0.15) is 5.15 Å². The second kappa shape index (κ2) is 14.1. The van der Waals surface area contributed by atoms with Crippen LogP contribution in [-0.4, -0.2) is 29.2 Å². The summed E-state index contributed by atoms with van der Waals surface area (Å²) in [5.74, 6) is -0.0465. The lowest BCUT2D eigenvalue weighted by atomic mass is 9.90. The van der Waals surface area contributed by atoms with E-state index in [1.54, 1.807) is 41.2 Å². The SMILES string of the molecule is C[C@@H]1[C@H](Cn2cnc(Cl)c2Cl)O[C@H](c2ccc(-c3cccc(CNS(=O)(=O)c4ccccc4)c3)cc2)O[C@@H]1c1ccc(CO)cc1. The predicted molar refractivity (Wildman–Crippen MR) is 178 cm³/mol. The second-order valence-electron chi connectivity index (χ2n) is 11.3. The summed E-state index contributed by atoms with van der Waals surface area (Å²) in [6.07, 6.45) is 0.380. The number of rotatable bonds is 10. The van der Waals surface area contributed by atoms with Crippen LogP contribution < -0.4 is 4.72 Å². The van der Waals surface area contributed by atoms with Crippen molar-refractivity contribution in [3.05, 3.63) is 142 Å². The maximum absolute atomic E-state index is 12.7. The Morgan fingerprint density at radius 3 is 2.24 bits per heavy atom. The van der Waals surface area contributed by atoms with Crippen molar-refractivity contribution >= 4 is 33.2 Å². The van der Waals surface area contributed by atoms with Crippen molar-refractivity contribution in [3.63, 3.8) is 0 Å². The Morgan fingerprint density at radius 2 is 1.57 bits per heavy atom. The minimum atomic E-state index is -3.62. The molecule has 5 aromatic rings. The van der Waals surface area contributed by atoms with Crippen molar-refractivity contribution in [2.24, 2.45) is 5.92 Å². The quantitative estimate of drug-likeness (QED) is 0.161. The molecule has 4 atom stereocenters. The second-order valence-corrected chi connectivity index (χ2v) is 13.7. The fraction of sp³-hybridized carbons (Fsp3) is 0.229. The molecule has 0 saturated carbocycles. The minimum absolute atomic E-state index is 0.0336. The van der Waals surface area contributed by atoms with Crippen molar-refractivity contribution in [2.45, 2.75) is 50.0 Å². The molecule has 0 spiro atoms. The van der Waals surface area contributed by atoms with Gasteiger partial charge in [-0.25, -0.2) is 18.1 Å². The molecule has 0 bridgehead atoms. The first-order valence-corrected chi connectivity index (χ1v) is 17.1. The van der Waals surface area contributed by atoms with Gasteiger partial charge in [-0.2, -0.15) is 0 Å². The van der Waals surface area contributed by atoms with Crippen LogP contribution in [0.2, 0.25) is 10.3 Å². The molecule has 11 heteroatoms. The van der Waals surface area contributed by atoms with Crippen LogP contribution in [0, 0.1) is 5.92 Å². The first-order valence-electron chi connectivity index (χ1n) is 14.8. The molecule has 0 aliphatic carbocycles. The highest BCUT2D eigenvalue weighted by atomic mass is 35.5. The van der Waals surface area contributed by atoms with Gasteiger partial charge in [-0.1, -0.05) is 115 Å². The van der Waals surface area contributed by atoms with Gasteiger partial charge in [0, 0.05) is 18.0 Å². The highest BCUT2D eigenvalue weighted by Crippen LogP contribution is 2.42. The highest BCUT2D eigenvalue weighted by molar-refractivity contribution is 7.89. The summed E-state index contributed by atoms with van der Waals surface area (Å²) in [6.45, 7) is 2.64. The molecule has 6 rings (SSSR count). The van der Waals surface area contributed by atoms with Gasteiger partial charge >= 0.3 is 0 Å². The summed E-state index contributed by atoms with van der Waals surface area (Å²) in [6, 6.07) is 31.8. The number of aliphatic hydroxyl groups is 1. The van der Waals surface area contributed by atoms with Crippen LogP contribution in [-0.2, 0) is 39.2 Å². The Kier molecular flexibility index (Phi) is 9.91. The topological polar surface area (TPSA) is 103 Å². The smallest absolute Gasteiger partial charge is 0.240 e. The number of benzene rings is 4. The third-order valence-corrected chi connectivity index (χ3v) is 10.4. The van der Waals surface area contributed by atoms with Crippen molar-refractivity contribution < 1.29 is 23.0 Å². The lowest BCUT2D eigenvalue weighted by molar-refractivity contribution is -0.276. The van der Waals surface area contributed by atoms with Crippen LogP contribution in [0.3, 0.4) is 0 Å². The van der Waals surface area contributed by atoms with E-state index in [-0.39, 0.29) is 41.3 Å². The number of halogens is 2. The Morgan fingerprint density at radius 1 is 0.848 bits per heavy atom. The van der Waals surface area contributed by atoms with Crippen molar-refractivity contribution in [2.75, 3.05) is 0 Å². The summed E-state index contributed by atoms with van der Waals surface area (Å²) < 4.78 is 43.0. The summed E-state index contributed by atoms with van der Waals surface area (Å²) in [5.41, 5.74) is 5.41. The first-order chi connectivity index (χ1) is 22.2. The standard InChI is InChI=1S/C35H33Cl2N3O5S/c1-23-31(20-40-22-38-33(36)34(40)37)44-35(45-32(23)27-12-10-24(21-41)11-13-27)28-16-14-26(15-17-28)29-7-5-6-25(18-29)19-39-46(42,43)30-8-3-2-4-9-30/h2-18,22-23,31-32,35,39,41H,19-21H2,1H3/t23-,31+,32+,35+/m1/s1. The normalized spacial score (nSPS) is 20.1. The summed E-state index contributed by atoms with van der Waals surface area (Å²) in [7, 11) is -3.62. The average molecular weight is 679 g/mol. The zero-order valence-electron chi connectivity index (χ0n) is 25.0. The molecule has 2 heterocycles. The van der Waals surface area contributed by atoms with E-state index in [0.29, 0.717) is 11.7 Å². The Labute approximate surface area is 278 Å². The number of hydrogen-bond acceptors (Lipinski definition) is 6. The molecule has 2 N–H and O–H groups in total. The van der Waals surface area contributed by atoms with Crippen molar-refractivity contribution in [3.8, 4) is 11.1 Å². The van der Waals surface area contributed by atoms with Crippen LogP contribution >= 0.6 is 23.2 Å². The molecule has 1 aliphatic heterocycles. The molecule has 0 unspecified atom stereocenters. The zero-order valence-corrected chi connectivity index (χ0v) is 27.3. The Bertz CT molecular complexity index is 1880. The van der Waals surface area contributed by atoms with Gasteiger partial charge in [-0.3, -0.25) is 0 Å². The van der Waals surface area contributed by atoms with E-state index < -0.39 is 16.3 Å². The molecule has 46 heavy (non-hydrogen) atoms. The zero-order chi connectivity index (χ0) is 32.3. The Balaban J connectivity index is 1.21. The average Bonchev–Trinajstić information content (AvgIpc) is 3.41. The molecule has 4 aromatic carbocycles. The maximum atomic E-state index is 12.7. The molecular formula is C35H33Cl2N3O5S. The molecule has 0 radical (unpaired) electrons. The van der Waals surface area contributed by atoms with E-state index in [2.05, 4.69) is 16.6 Å². The van der Waals surface area contributed by atoms with Crippen molar-refractivity contribution in [1.29, 1.82) is 0 Å². The largest absolute Gasteiger partial charge is 0.392 e. The van der Waals surface area contributed by atoms with Gasteiger partial charge in [-0.05, 0) is 46.0 Å². The monoisotopic (exact) mass is 677 g/mol. The number of aliphatic hydroxyl groups excluding tert-OH is 1. The number of nitrogens with one attached hydrogen (secondary N) is 1. The lowest BCUT2D eigenvalue weighted by Crippen LogP contribution is -2.39. The van der Waals surface area contributed by atoms with Gasteiger partial charge in [0.25, 0.3) is 0 Å². The van der Waals surface area contributed by atoms with E-state index >= 15 is 0 Å². The van der Waals surface area contributed by atoms with Crippen LogP contribution in [0.5, 0.6) is 0 Å². The lowest BCUT2D eigenvalue weighted by Gasteiger charge is -2.41. The van der Waals surface area contributed by atoms with Gasteiger partial charge in [0.05, 0.1) is 36.6 Å². The van der Waals surface area contributed by atoms with Crippen LogP contribution in [0.4, 0.5) is 0 Å². The maximum Gasteiger partial charge on any atom is 0.240 e. The van der Waals surface area contributed by atoms with Crippen molar-refractivity contribution in [1.82, 2.24) is 14.3 Å². The van der Waals surface area contributed by atoms with E-state index in [4.69, 9.17) is 32.7 Å². The molecule has 1 fully saturated rings. The molecule has 1 aliphatic rings.